The SMILES string of the molecule is COc1cc(C(=O)O)ccc1NC1CCN(S(C)(=O)=O)CC1. The summed E-state index contributed by atoms with van der Waals surface area (Å²) in [5.74, 6) is -0.545. The average molecular weight is 328 g/mol. The fourth-order valence-electron chi connectivity index (χ4n) is 2.50. The largest absolute Gasteiger partial charge is 0.495 e. The molecule has 1 aromatic carbocycles. The molecule has 0 saturated carbocycles. The number of ether oxygens (including phenoxy) is 1. The van der Waals surface area contributed by atoms with Crippen LogP contribution in [0.25, 0.3) is 0 Å². The Morgan fingerprint density at radius 3 is 2.50 bits per heavy atom. The van der Waals surface area contributed by atoms with Gasteiger partial charge in [0.15, 0.2) is 0 Å². The van der Waals surface area contributed by atoms with E-state index in [1.165, 1.54) is 29.8 Å². The molecule has 0 atom stereocenters. The number of hydrogen-bond donors (Lipinski definition) is 2. The van der Waals surface area contributed by atoms with Gasteiger partial charge in [-0.1, -0.05) is 0 Å². The Morgan fingerprint density at radius 1 is 1.36 bits per heavy atom. The average Bonchev–Trinajstić information content (AvgIpc) is 2.47. The molecule has 0 unspecified atom stereocenters. The zero-order chi connectivity index (χ0) is 16.3. The van der Waals surface area contributed by atoms with Crippen LogP contribution in [0.15, 0.2) is 18.2 Å². The van der Waals surface area contributed by atoms with Crippen LogP contribution in [-0.2, 0) is 10.0 Å². The zero-order valence-electron chi connectivity index (χ0n) is 12.6. The summed E-state index contributed by atoms with van der Waals surface area (Å²) in [7, 11) is -1.65. The zero-order valence-corrected chi connectivity index (χ0v) is 13.4. The highest BCUT2D eigenvalue weighted by Crippen LogP contribution is 2.28. The van der Waals surface area contributed by atoms with Crippen LogP contribution >= 0.6 is 0 Å². The van der Waals surface area contributed by atoms with E-state index in [1.54, 1.807) is 6.07 Å². The molecular weight excluding hydrogens is 308 g/mol. The van der Waals surface area contributed by atoms with E-state index in [0.29, 0.717) is 37.4 Å². The molecule has 1 aliphatic heterocycles. The van der Waals surface area contributed by atoms with Crippen molar-refractivity contribution in [3.63, 3.8) is 0 Å². The summed E-state index contributed by atoms with van der Waals surface area (Å²) in [5.41, 5.74) is 0.875. The molecule has 1 aromatic rings. The van der Waals surface area contributed by atoms with E-state index in [9.17, 15) is 13.2 Å². The Labute approximate surface area is 129 Å². The van der Waals surface area contributed by atoms with Crippen LogP contribution in [0.5, 0.6) is 5.75 Å². The minimum absolute atomic E-state index is 0.127. The number of carboxylic acids is 1. The van der Waals surface area contributed by atoms with Crippen molar-refractivity contribution in [1.29, 1.82) is 0 Å². The summed E-state index contributed by atoms with van der Waals surface area (Å²) in [6.07, 6.45) is 2.60. The normalized spacial score (nSPS) is 17.2. The molecule has 122 valence electrons. The summed E-state index contributed by atoms with van der Waals surface area (Å²) in [6, 6.07) is 4.78. The number of anilines is 1. The topological polar surface area (TPSA) is 95.9 Å². The standard InChI is InChI=1S/C14H20N2O5S/c1-21-13-9-10(14(17)18)3-4-12(13)15-11-5-7-16(8-6-11)22(2,19)20/h3-4,9,11,15H,5-8H2,1-2H3,(H,17,18). The van der Waals surface area contributed by atoms with Gasteiger partial charge >= 0.3 is 5.97 Å². The van der Waals surface area contributed by atoms with E-state index in [2.05, 4.69) is 5.32 Å². The molecule has 1 fully saturated rings. The van der Waals surface area contributed by atoms with Crippen LogP contribution in [0.4, 0.5) is 5.69 Å². The molecule has 2 N–H and O–H groups in total. The van der Waals surface area contributed by atoms with Gasteiger partial charge in [-0.25, -0.2) is 17.5 Å². The summed E-state index contributed by atoms with van der Waals surface area (Å²) in [5, 5.41) is 12.3. The van der Waals surface area contributed by atoms with Crippen molar-refractivity contribution in [1.82, 2.24) is 4.31 Å². The van der Waals surface area contributed by atoms with Crippen molar-refractivity contribution in [3.05, 3.63) is 23.8 Å². The lowest BCUT2D eigenvalue weighted by molar-refractivity contribution is 0.0696. The first-order valence-electron chi connectivity index (χ1n) is 6.94. The molecule has 2 rings (SSSR count). The number of hydrogen-bond acceptors (Lipinski definition) is 5. The number of nitrogens with one attached hydrogen (secondary N) is 1. The predicted molar refractivity (Wildman–Crippen MR) is 83.0 cm³/mol. The van der Waals surface area contributed by atoms with Crippen molar-refractivity contribution >= 4 is 21.7 Å². The highest BCUT2D eigenvalue weighted by Gasteiger charge is 2.25. The van der Waals surface area contributed by atoms with Gasteiger partial charge in [-0.15, -0.1) is 0 Å². The summed E-state index contributed by atoms with van der Waals surface area (Å²) >= 11 is 0. The quantitative estimate of drug-likeness (QED) is 0.844. The van der Waals surface area contributed by atoms with E-state index in [1.807, 2.05) is 0 Å². The summed E-state index contributed by atoms with van der Waals surface area (Å²) in [6.45, 7) is 0.956. The van der Waals surface area contributed by atoms with E-state index in [-0.39, 0.29) is 11.6 Å². The number of sulfonamides is 1. The minimum atomic E-state index is -3.13. The Balaban J connectivity index is 2.04. The van der Waals surface area contributed by atoms with Gasteiger partial charge in [0.2, 0.25) is 10.0 Å². The fourth-order valence-corrected chi connectivity index (χ4v) is 3.37. The molecule has 22 heavy (non-hydrogen) atoms. The molecule has 0 bridgehead atoms. The number of aromatic carboxylic acids is 1. The van der Waals surface area contributed by atoms with Gasteiger partial charge < -0.3 is 15.2 Å². The Kier molecular flexibility index (Phi) is 4.92. The predicted octanol–water partition coefficient (Wildman–Crippen LogP) is 1.23. The molecule has 1 heterocycles. The first kappa shape index (κ1) is 16.6. The Bertz CT molecular complexity index is 651. The fraction of sp³-hybridized carbons (Fsp3) is 0.500. The number of carbonyl (C=O) groups is 1. The van der Waals surface area contributed by atoms with Crippen LogP contribution < -0.4 is 10.1 Å². The molecule has 0 aromatic heterocycles. The van der Waals surface area contributed by atoms with E-state index >= 15 is 0 Å². The summed E-state index contributed by atoms with van der Waals surface area (Å²) < 4.78 is 29.7. The molecule has 1 aliphatic rings. The van der Waals surface area contributed by atoms with Crippen molar-refractivity contribution in [2.24, 2.45) is 0 Å². The van der Waals surface area contributed by atoms with Crippen molar-refractivity contribution < 1.29 is 23.1 Å². The summed E-state index contributed by atoms with van der Waals surface area (Å²) in [4.78, 5) is 11.0. The number of carboxylic acid groups (broad SMARTS) is 1. The van der Waals surface area contributed by atoms with Crippen LogP contribution in [-0.4, -0.2) is 56.3 Å². The molecule has 0 spiro atoms. The first-order chi connectivity index (χ1) is 10.3. The Hall–Kier alpha value is -1.80. The number of methoxy groups -OCH3 is 1. The number of piperidine rings is 1. The molecule has 0 aliphatic carbocycles. The smallest absolute Gasteiger partial charge is 0.335 e. The second-order valence-electron chi connectivity index (χ2n) is 5.30. The number of rotatable bonds is 5. The molecule has 0 radical (unpaired) electrons. The number of benzene rings is 1. The lowest BCUT2D eigenvalue weighted by Crippen LogP contribution is -2.41. The van der Waals surface area contributed by atoms with Crippen LogP contribution in [0.2, 0.25) is 0 Å². The second-order valence-corrected chi connectivity index (χ2v) is 7.28. The van der Waals surface area contributed by atoms with Crippen LogP contribution in [0, 0.1) is 0 Å². The van der Waals surface area contributed by atoms with Gasteiger partial charge in [-0.3, -0.25) is 0 Å². The van der Waals surface area contributed by atoms with Crippen molar-refractivity contribution in [2.45, 2.75) is 18.9 Å². The van der Waals surface area contributed by atoms with Crippen LogP contribution in [0.1, 0.15) is 23.2 Å². The van der Waals surface area contributed by atoms with Gasteiger partial charge in [-0.05, 0) is 31.0 Å². The molecule has 1 saturated heterocycles. The molecular formula is C14H20N2O5S. The van der Waals surface area contributed by atoms with Gasteiger partial charge in [0, 0.05) is 19.1 Å². The highest BCUT2D eigenvalue weighted by atomic mass is 32.2. The van der Waals surface area contributed by atoms with Gasteiger partial charge in [-0.2, -0.15) is 0 Å². The van der Waals surface area contributed by atoms with Gasteiger partial charge in [0.05, 0.1) is 24.6 Å². The van der Waals surface area contributed by atoms with Gasteiger partial charge in [0.25, 0.3) is 0 Å². The maximum absolute atomic E-state index is 11.5. The lowest BCUT2D eigenvalue weighted by atomic mass is 10.1. The minimum Gasteiger partial charge on any atom is -0.495 e. The van der Waals surface area contributed by atoms with Crippen molar-refractivity contribution in [2.75, 3.05) is 31.8 Å². The van der Waals surface area contributed by atoms with E-state index in [4.69, 9.17) is 9.84 Å². The maximum atomic E-state index is 11.5. The van der Waals surface area contributed by atoms with E-state index in [0.717, 1.165) is 0 Å². The molecule has 0 amide bonds. The first-order valence-corrected chi connectivity index (χ1v) is 8.79. The monoisotopic (exact) mass is 328 g/mol. The van der Waals surface area contributed by atoms with E-state index < -0.39 is 16.0 Å². The third-order valence-electron chi connectivity index (χ3n) is 3.73. The third-order valence-corrected chi connectivity index (χ3v) is 5.03. The van der Waals surface area contributed by atoms with Crippen LogP contribution in [0.3, 0.4) is 0 Å². The number of nitrogens with zero attached hydrogens (tertiary/aromatic N) is 1. The maximum Gasteiger partial charge on any atom is 0.335 e. The Morgan fingerprint density at radius 2 is 2.00 bits per heavy atom. The molecule has 8 heteroatoms. The van der Waals surface area contributed by atoms with Crippen molar-refractivity contribution in [3.8, 4) is 5.75 Å². The molecule has 7 nitrogen and oxygen atoms in total. The van der Waals surface area contributed by atoms with Gasteiger partial charge in [0.1, 0.15) is 5.75 Å². The highest BCUT2D eigenvalue weighted by molar-refractivity contribution is 7.88. The lowest BCUT2D eigenvalue weighted by Gasteiger charge is -2.31. The third kappa shape index (κ3) is 3.89. The second kappa shape index (κ2) is 6.53.